The Morgan fingerprint density at radius 3 is 2.00 bits per heavy atom. The van der Waals surface area contributed by atoms with Gasteiger partial charge in [0.25, 0.3) is 0 Å². The number of carbonyl (C=O) groups excluding carboxylic acids is 4. The van der Waals surface area contributed by atoms with E-state index in [-0.39, 0.29) is 29.1 Å². The molecule has 0 N–H and O–H groups in total. The van der Waals surface area contributed by atoms with Crippen molar-refractivity contribution < 1.29 is 23.9 Å². The van der Waals surface area contributed by atoms with Crippen LogP contribution in [0.5, 0.6) is 0 Å². The first-order chi connectivity index (χ1) is 11.0. The van der Waals surface area contributed by atoms with Gasteiger partial charge in [-0.1, -0.05) is 18.2 Å². The lowest BCUT2D eigenvalue weighted by Crippen LogP contribution is -1.98. The SMILES string of the molecule is O=C1CC(=O)c2cc(Cc3ccc4c(c3)C(=O)OC4=O)ccc21. The number of fused-ring (bicyclic) bond motifs is 2. The zero-order valence-corrected chi connectivity index (χ0v) is 11.9. The molecular weight excluding hydrogens is 296 g/mol. The van der Waals surface area contributed by atoms with Crippen molar-refractivity contribution in [2.45, 2.75) is 12.8 Å². The Morgan fingerprint density at radius 1 is 0.696 bits per heavy atom. The topological polar surface area (TPSA) is 77.5 Å². The van der Waals surface area contributed by atoms with Crippen LogP contribution >= 0.6 is 0 Å². The van der Waals surface area contributed by atoms with Gasteiger partial charge in [0.1, 0.15) is 0 Å². The van der Waals surface area contributed by atoms with Gasteiger partial charge in [-0.25, -0.2) is 9.59 Å². The highest BCUT2D eigenvalue weighted by Crippen LogP contribution is 2.26. The van der Waals surface area contributed by atoms with Gasteiger partial charge in [0.05, 0.1) is 17.5 Å². The molecule has 2 aromatic carbocycles. The molecule has 5 nitrogen and oxygen atoms in total. The minimum Gasteiger partial charge on any atom is -0.386 e. The molecule has 2 aromatic rings. The molecule has 0 radical (unpaired) electrons. The first-order valence-electron chi connectivity index (χ1n) is 7.12. The number of ether oxygens (including phenoxy) is 1. The van der Waals surface area contributed by atoms with Crippen molar-refractivity contribution in [1.82, 2.24) is 0 Å². The van der Waals surface area contributed by atoms with Gasteiger partial charge in [0, 0.05) is 11.1 Å². The quantitative estimate of drug-likeness (QED) is 0.628. The highest BCUT2D eigenvalue weighted by atomic mass is 16.6. The van der Waals surface area contributed by atoms with E-state index in [0.717, 1.165) is 11.1 Å². The molecule has 0 saturated carbocycles. The molecular formula is C18H10O5. The molecule has 2 aliphatic rings. The van der Waals surface area contributed by atoms with E-state index in [0.29, 0.717) is 17.5 Å². The third-order valence-electron chi connectivity index (χ3n) is 4.12. The van der Waals surface area contributed by atoms with Crippen molar-refractivity contribution in [2.24, 2.45) is 0 Å². The van der Waals surface area contributed by atoms with Crippen LogP contribution in [0.15, 0.2) is 36.4 Å². The smallest absolute Gasteiger partial charge is 0.346 e. The third-order valence-corrected chi connectivity index (χ3v) is 4.12. The summed E-state index contributed by atoms with van der Waals surface area (Å²) in [4.78, 5) is 46.4. The number of rotatable bonds is 2. The fourth-order valence-electron chi connectivity index (χ4n) is 2.99. The molecule has 1 aliphatic heterocycles. The molecule has 0 aromatic heterocycles. The lowest BCUT2D eigenvalue weighted by molar-refractivity contribution is 0.0443. The Balaban J connectivity index is 1.68. The summed E-state index contributed by atoms with van der Waals surface area (Å²) < 4.78 is 4.56. The number of ketones is 2. The number of hydrogen-bond donors (Lipinski definition) is 0. The van der Waals surface area contributed by atoms with Crippen molar-refractivity contribution in [1.29, 1.82) is 0 Å². The normalized spacial score (nSPS) is 15.7. The van der Waals surface area contributed by atoms with Crippen LogP contribution in [0.4, 0.5) is 0 Å². The lowest BCUT2D eigenvalue weighted by atomic mass is 9.98. The number of hydrogen-bond acceptors (Lipinski definition) is 5. The van der Waals surface area contributed by atoms with Gasteiger partial charge < -0.3 is 4.74 Å². The van der Waals surface area contributed by atoms with Gasteiger partial charge in [0.2, 0.25) is 0 Å². The van der Waals surface area contributed by atoms with Gasteiger partial charge in [-0.2, -0.15) is 0 Å². The highest BCUT2D eigenvalue weighted by molar-refractivity contribution is 6.24. The number of cyclic esters (lactones) is 2. The second kappa shape index (κ2) is 4.71. The van der Waals surface area contributed by atoms with E-state index >= 15 is 0 Å². The fraction of sp³-hybridized carbons (Fsp3) is 0.111. The van der Waals surface area contributed by atoms with E-state index in [9.17, 15) is 19.2 Å². The zero-order chi connectivity index (χ0) is 16.1. The van der Waals surface area contributed by atoms with Crippen molar-refractivity contribution in [3.05, 3.63) is 69.8 Å². The minimum absolute atomic E-state index is 0.0639. The first kappa shape index (κ1) is 13.6. The Hall–Kier alpha value is -3.08. The second-order valence-corrected chi connectivity index (χ2v) is 5.64. The van der Waals surface area contributed by atoms with Gasteiger partial charge in [-0.3, -0.25) is 9.59 Å². The molecule has 0 spiro atoms. The Kier molecular flexibility index (Phi) is 2.78. The summed E-state index contributed by atoms with van der Waals surface area (Å²) in [5, 5.41) is 0. The van der Waals surface area contributed by atoms with E-state index in [2.05, 4.69) is 4.74 Å². The molecule has 0 saturated heterocycles. The third kappa shape index (κ3) is 2.09. The molecule has 0 atom stereocenters. The van der Waals surface area contributed by atoms with E-state index in [1.165, 1.54) is 0 Å². The van der Waals surface area contributed by atoms with Crippen molar-refractivity contribution in [2.75, 3.05) is 0 Å². The standard InChI is InChI=1S/C18H10O5/c19-15-8-16(20)13-6-9(1-3-11(13)15)5-10-2-4-12-14(7-10)18(22)23-17(12)21/h1-4,6-7H,5,8H2. The van der Waals surface area contributed by atoms with Gasteiger partial charge in [-0.15, -0.1) is 0 Å². The number of Topliss-reactive ketones (excluding diaryl/α,β-unsaturated/α-hetero) is 2. The van der Waals surface area contributed by atoms with Gasteiger partial charge in [-0.05, 0) is 35.7 Å². The molecule has 0 amide bonds. The van der Waals surface area contributed by atoms with E-state index in [1.807, 2.05) is 0 Å². The van der Waals surface area contributed by atoms with Crippen LogP contribution < -0.4 is 0 Å². The first-order valence-corrected chi connectivity index (χ1v) is 7.12. The summed E-state index contributed by atoms with van der Waals surface area (Å²) in [7, 11) is 0. The number of benzene rings is 2. The van der Waals surface area contributed by atoms with Crippen LogP contribution in [0, 0.1) is 0 Å². The lowest BCUT2D eigenvalue weighted by Gasteiger charge is -2.05. The van der Waals surface area contributed by atoms with Gasteiger partial charge in [0.15, 0.2) is 11.6 Å². The summed E-state index contributed by atoms with van der Waals surface area (Å²) in [6.45, 7) is 0. The molecule has 0 fully saturated rings. The van der Waals surface area contributed by atoms with Crippen LogP contribution in [0.3, 0.4) is 0 Å². The largest absolute Gasteiger partial charge is 0.386 e. The number of esters is 2. The minimum atomic E-state index is -0.637. The Morgan fingerprint density at radius 2 is 1.26 bits per heavy atom. The van der Waals surface area contributed by atoms with Crippen molar-refractivity contribution in [3.63, 3.8) is 0 Å². The van der Waals surface area contributed by atoms with E-state index < -0.39 is 11.9 Å². The molecule has 4 rings (SSSR count). The summed E-state index contributed by atoms with van der Waals surface area (Å²) in [6.07, 6.45) is 0.426. The summed E-state index contributed by atoms with van der Waals surface area (Å²) in [5.74, 6) is -1.56. The summed E-state index contributed by atoms with van der Waals surface area (Å²) in [6, 6.07) is 10.1. The molecule has 112 valence electrons. The molecule has 5 heteroatoms. The van der Waals surface area contributed by atoms with Crippen LogP contribution in [0.1, 0.15) is 59.0 Å². The van der Waals surface area contributed by atoms with Crippen LogP contribution in [0.25, 0.3) is 0 Å². The predicted octanol–water partition coefficient (Wildman–Crippen LogP) is 2.36. The monoisotopic (exact) mass is 306 g/mol. The summed E-state index contributed by atoms with van der Waals surface area (Å²) >= 11 is 0. The van der Waals surface area contributed by atoms with Crippen LogP contribution in [-0.4, -0.2) is 23.5 Å². The summed E-state index contributed by atoms with van der Waals surface area (Å²) in [5.41, 5.74) is 3.16. The maximum absolute atomic E-state index is 11.8. The average molecular weight is 306 g/mol. The van der Waals surface area contributed by atoms with E-state index in [4.69, 9.17) is 0 Å². The average Bonchev–Trinajstić information content (AvgIpc) is 2.96. The predicted molar refractivity (Wildman–Crippen MR) is 78.7 cm³/mol. The van der Waals surface area contributed by atoms with Gasteiger partial charge >= 0.3 is 11.9 Å². The molecule has 0 bridgehead atoms. The Bertz CT molecular complexity index is 848. The number of carbonyl (C=O) groups is 4. The Labute approximate surface area is 130 Å². The molecule has 1 aliphatic carbocycles. The van der Waals surface area contributed by atoms with Crippen molar-refractivity contribution in [3.8, 4) is 0 Å². The maximum Gasteiger partial charge on any atom is 0.346 e. The van der Waals surface area contributed by atoms with E-state index in [1.54, 1.807) is 36.4 Å². The van der Waals surface area contributed by atoms with Crippen molar-refractivity contribution >= 4 is 23.5 Å². The maximum atomic E-state index is 11.8. The molecule has 23 heavy (non-hydrogen) atoms. The second-order valence-electron chi connectivity index (χ2n) is 5.64. The highest BCUT2D eigenvalue weighted by Gasteiger charge is 2.30. The molecule has 1 heterocycles. The van der Waals surface area contributed by atoms with Crippen LogP contribution in [-0.2, 0) is 11.2 Å². The molecule has 0 unspecified atom stereocenters. The zero-order valence-electron chi connectivity index (χ0n) is 11.9. The fourth-order valence-corrected chi connectivity index (χ4v) is 2.99. The van der Waals surface area contributed by atoms with Crippen LogP contribution in [0.2, 0.25) is 0 Å².